The number of aryl methyl sites for hydroxylation is 2. The summed E-state index contributed by atoms with van der Waals surface area (Å²) in [5.41, 5.74) is 10.7. The van der Waals surface area contributed by atoms with Gasteiger partial charge < -0.3 is 14.8 Å². The summed E-state index contributed by atoms with van der Waals surface area (Å²) in [5.74, 6) is 1.12. The number of nitrogens with one attached hydrogen (secondary N) is 1. The van der Waals surface area contributed by atoms with Crippen molar-refractivity contribution in [3.63, 3.8) is 0 Å². The molecule has 194 valence electrons. The van der Waals surface area contributed by atoms with Crippen molar-refractivity contribution in [1.29, 1.82) is 0 Å². The van der Waals surface area contributed by atoms with E-state index in [0.717, 1.165) is 64.5 Å². The highest BCUT2D eigenvalue weighted by atomic mass is 35.5. The molecule has 1 fully saturated rings. The zero-order valence-corrected chi connectivity index (χ0v) is 23.1. The Morgan fingerprint density at radius 2 is 1.57 bits per heavy atom. The average Bonchev–Trinajstić information content (AvgIpc) is 3.21. The van der Waals surface area contributed by atoms with Crippen molar-refractivity contribution in [2.45, 2.75) is 39.8 Å². The fraction of sp³-hybridized carbons (Fsp3) is 0.387. The van der Waals surface area contributed by atoms with Crippen molar-refractivity contribution >= 4 is 29.1 Å². The Kier molecular flexibility index (Phi) is 7.57. The van der Waals surface area contributed by atoms with Crippen LogP contribution in [0, 0.1) is 13.8 Å². The van der Waals surface area contributed by atoms with Crippen LogP contribution in [0.4, 0.5) is 5.82 Å². The van der Waals surface area contributed by atoms with Crippen LogP contribution in [-0.2, 0) is 25.9 Å². The first-order valence-electron chi connectivity index (χ1n) is 13.3. The lowest BCUT2D eigenvalue weighted by Crippen LogP contribution is -2.44. The van der Waals surface area contributed by atoms with E-state index in [-0.39, 0.29) is 12.4 Å². The Morgan fingerprint density at radius 3 is 2.32 bits per heavy atom. The quantitative estimate of drug-likeness (QED) is 0.381. The molecule has 0 unspecified atom stereocenters. The third-order valence-electron chi connectivity index (χ3n) is 8.24. The summed E-state index contributed by atoms with van der Waals surface area (Å²) in [7, 11) is 2.22. The van der Waals surface area contributed by atoms with Crippen molar-refractivity contribution in [3.05, 3.63) is 93.8 Å². The Balaban J connectivity index is 0.00000280. The van der Waals surface area contributed by atoms with E-state index in [4.69, 9.17) is 4.98 Å². The van der Waals surface area contributed by atoms with Crippen molar-refractivity contribution in [2.24, 2.45) is 0 Å². The number of rotatable bonds is 5. The summed E-state index contributed by atoms with van der Waals surface area (Å²) in [4.78, 5) is 16.8. The predicted molar refractivity (Wildman–Crippen MR) is 156 cm³/mol. The molecular weight excluding hydrogens is 478 g/mol. The molecule has 5 nitrogen and oxygen atoms in total. The summed E-state index contributed by atoms with van der Waals surface area (Å²) >= 11 is 0. The van der Waals surface area contributed by atoms with Crippen LogP contribution < -0.4 is 4.90 Å². The summed E-state index contributed by atoms with van der Waals surface area (Å²) in [6, 6.07) is 19.8. The zero-order chi connectivity index (χ0) is 24.6. The number of nitrogens with zero attached hydrogens (tertiary/aromatic N) is 4. The molecule has 0 radical (unpaired) electrons. The number of likely N-dealkylation sites (N-methyl/N-ethyl adjacent to an activating group) is 1. The monoisotopic (exact) mass is 515 g/mol. The average molecular weight is 516 g/mol. The van der Waals surface area contributed by atoms with E-state index < -0.39 is 0 Å². The molecule has 4 heterocycles. The Bertz CT molecular complexity index is 1370. The first kappa shape index (κ1) is 25.8. The highest BCUT2D eigenvalue weighted by Crippen LogP contribution is 2.36. The molecule has 2 aliphatic heterocycles. The largest absolute Gasteiger partial charge is 0.355 e. The highest BCUT2D eigenvalue weighted by molar-refractivity contribution is 5.96. The molecular formula is C31H38ClN5. The van der Waals surface area contributed by atoms with E-state index in [1.165, 1.54) is 50.1 Å². The van der Waals surface area contributed by atoms with Crippen molar-refractivity contribution < 1.29 is 0 Å². The molecule has 4 aromatic rings. The molecule has 37 heavy (non-hydrogen) atoms. The van der Waals surface area contributed by atoms with Gasteiger partial charge in [-0.2, -0.15) is 0 Å². The van der Waals surface area contributed by atoms with Crippen LogP contribution in [0.25, 0.3) is 10.9 Å². The van der Waals surface area contributed by atoms with Crippen molar-refractivity contribution in [2.75, 3.05) is 44.7 Å². The normalized spacial score (nSPS) is 16.6. The van der Waals surface area contributed by atoms with Crippen molar-refractivity contribution in [1.82, 2.24) is 19.8 Å². The van der Waals surface area contributed by atoms with Crippen LogP contribution in [0.5, 0.6) is 0 Å². The standard InChI is InChI=1S/C31H37N5.ClH/c1-22-23(2)32-30-29(22)27(19-24-9-5-4-6-10-24)28(21-35-17-15-34(3)16-18-35)33-31(30)36-14-13-25-11-7-8-12-26(25)20-36;/h4-12,32H,13-21H2,1-3H3;1H. The van der Waals surface area contributed by atoms with Gasteiger partial charge in [-0.05, 0) is 61.6 Å². The minimum absolute atomic E-state index is 0. The minimum atomic E-state index is 0. The molecule has 6 rings (SSSR count). The molecule has 2 aliphatic rings. The van der Waals surface area contributed by atoms with Crippen LogP contribution in [0.3, 0.4) is 0 Å². The van der Waals surface area contributed by atoms with Gasteiger partial charge in [0, 0.05) is 56.9 Å². The van der Waals surface area contributed by atoms with Crippen LogP contribution >= 0.6 is 12.4 Å². The second kappa shape index (κ2) is 10.9. The predicted octanol–water partition coefficient (Wildman–Crippen LogP) is 5.50. The Hall–Kier alpha value is -2.86. The van der Waals surface area contributed by atoms with Crippen molar-refractivity contribution in [3.8, 4) is 0 Å². The summed E-state index contributed by atoms with van der Waals surface area (Å²) in [6.07, 6.45) is 1.98. The molecule has 0 amide bonds. The number of benzene rings is 2. The van der Waals surface area contributed by atoms with E-state index in [9.17, 15) is 0 Å². The van der Waals surface area contributed by atoms with E-state index in [1.54, 1.807) is 0 Å². The fourth-order valence-electron chi connectivity index (χ4n) is 5.90. The Labute approximate surface area is 226 Å². The van der Waals surface area contributed by atoms with Crippen LogP contribution in [0.2, 0.25) is 0 Å². The summed E-state index contributed by atoms with van der Waals surface area (Å²) < 4.78 is 0. The molecule has 0 saturated carbocycles. The maximum absolute atomic E-state index is 5.50. The van der Waals surface area contributed by atoms with Gasteiger partial charge in [-0.25, -0.2) is 4.98 Å². The molecule has 0 aliphatic carbocycles. The third kappa shape index (κ3) is 5.13. The van der Waals surface area contributed by atoms with Crippen LogP contribution in [0.15, 0.2) is 54.6 Å². The number of pyridine rings is 1. The lowest BCUT2D eigenvalue weighted by molar-refractivity contribution is 0.146. The minimum Gasteiger partial charge on any atom is -0.355 e. The number of halogens is 1. The third-order valence-corrected chi connectivity index (χ3v) is 8.24. The maximum atomic E-state index is 5.50. The van der Waals surface area contributed by atoms with Gasteiger partial charge in [-0.15, -0.1) is 12.4 Å². The van der Waals surface area contributed by atoms with E-state index in [1.807, 2.05) is 0 Å². The van der Waals surface area contributed by atoms with E-state index >= 15 is 0 Å². The SMILES string of the molecule is Cc1[nH]c2c(N3CCc4ccccc4C3)nc(CN3CCN(C)CC3)c(Cc3ccccc3)c2c1C.Cl. The first-order valence-corrected chi connectivity index (χ1v) is 13.3. The van der Waals surface area contributed by atoms with Gasteiger partial charge in [0.25, 0.3) is 0 Å². The lowest BCUT2D eigenvalue weighted by atomic mass is 9.96. The number of hydrogen-bond donors (Lipinski definition) is 1. The Morgan fingerprint density at radius 1 is 0.865 bits per heavy atom. The zero-order valence-electron chi connectivity index (χ0n) is 22.3. The van der Waals surface area contributed by atoms with Gasteiger partial charge in [-0.3, -0.25) is 4.90 Å². The molecule has 2 aromatic heterocycles. The number of H-pyrrole nitrogens is 1. The second-order valence-corrected chi connectivity index (χ2v) is 10.7. The van der Waals surface area contributed by atoms with E-state index in [0.29, 0.717) is 0 Å². The van der Waals surface area contributed by atoms with Gasteiger partial charge in [0.15, 0.2) is 5.82 Å². The van der Waals surface area contributed by atoms with Gasteiger partial charge in [0.2, 0.25) is 0 Å². The second-order valence-electron chi connectivity index (χ2n) is 10.7. The summed E-state index contributed by atoms with van der Waals surface area (Å²) in [5, 5.41) is 1.38. The molecule has 0 atom stereocenters. The number of piperazine rings is 1. The molecule has 2 aromatic carbocycles. The summed E-state index contributed by atoms with van der Waals surface area (Å²) in [6.45, 7) is 11.7. The molecule has 6 heteroatoms. The number of aromatic amines is 1. The van der Waals surface area contributed by atoms with E-state index in [2.05, 4.69) is 95.2 Å². The van der Waals surface area contributed by atoms with Crippen LogP contribution in [-0.4, -0.2) is 59.5 Å². The van der Waals surface area contributed by atoms with Gasteiger partial charge in [-0.1, -0.05) is 54.6 Å². The lowest BCUT2D eigenvalue weighted by Gasteiger charge is -2.34. The van der Waals surface area contributed by atoms with Gasteiger partial charge >= 0.3 is 0 Å². The number of aromatic nitrogens is 2. The fourth-order valence-corrected chi connectivity index (χ4v) is 5.90. The maximum Gasteiger partial charge on any atom is 0.153 e. The first-order chi connectivity index (χ1) is 17.6. The molecule has 1 N–H and O–H groups in total. The van der Waals surface area contributed by atoms with Gasteiger partial charge in [0.05, 0.1) is 11.2 Å². The topological polar surface area (TPSA) is 38.4 Å². The number of fused-ring (bicyclic) bond motifs is 2. The van der Waals surface area contributed by atoms with Gasteiger partial charge in [0.1, 0.15) is 0 Å². The number of anilines is 1. The molecule has 1 saturated heterocycles. The smallest absolute Gasteiger partial charge is 0.153 e. The molecule has 0 bridgehead atoms. The molecule has 0 spiro atoms. The highest BCUT2D eigenvalue weighted by Gasteiger charge is 2.26. The number of hydrogen-bond acceptors (Lipinski definition) is 4. The van der Waals surface area contributed by atoms with Crippen LogP contribution in [0.1, 0.15) is 39.2 Å².